The molecular weight excluding hydrogens is 448 g/mol. The maximum atomic E-state index is 12.6. The maximum Gasteiger partial charge on any atom is 0.355 e. The molecule has 0 radical (unpaired) electrons. The zero-order chi connectivity index (χ0) is 23.4. The Hall–Kier alpha value is -3.79. The molecule has 0 aliphatic carbocycles. The molecule has 2 aliphatic heterocycles. The molecule has 0 aromatic heterocycles. The zero-order valence-electron chi connectivity index (χ0n) is 17.3. The van der Waals surface area contributed by atoms with Crippen molar-refractivity contribution < 1.29 is 33.8 Å². The average Bonchev–Trinajstić information content (AvgIpc) is 2.84. The van der Waals surface area contributed by atoms with Crippen LogP contribution in [0.4, 0.5) is 0 Å². The number of phenolic OH excluding ortho intramolecular Hbond substituents is 1. The van der Waals surface area contributed by atoms with E-state index in [0.29, 0.717) is 5.75 Å². The predicted octanol–water partition coefficient (Wildman–Crippen LogP) is 1.58. The number of ether oxygens (including phenoxy) is 2. The van der Waals surface area contributed by atoms with Crippen molar-refractivity contribution >= 4 is 35.5 Å². The van der Waals surface area contributed by atoms with Crippen LogP contribution >= 0.6 is 11.8 Å². The maximum absolute atomic E-state index is 12.6. The number of phenols is 1. The van der Waals surface area contributed by atoms with Crippen molar-refractivity contribution in [1.82, 2.24) is 10.2 Å². The van der Waals surface area contributed by atoms with Gasteiger partial charge < -0.3 is 19.9 Å². The van der Waals surface area contributed by atoms with Gasteiger partial charge in [-0.25, -0.2) is 9.59 Å². The summed E-state index contributed by atoms with van der Waals surface area (Å²) in [4.78, 5) is 50.7. The van der Waals surface area contributed by atoms with Crippen molar-refractivity contribution in [2.24, 2.45) is 0 Å². The monoisotopic (exact) mass is 468 g/mol. The van der Waals surface area contributed by atoms with Gasteiger partial charge in [-0.15, -0.1) is 11.8 Å². The number of carbonyl (C=O) groups is 4. The predicted molar refractivity (Wildman–Crippen MR) is 118 cm³/mol. The second-order valence-corrected chi connectivity index (χ2v) is 8.40. The lowest BCUT2D eigenvalue weighted by Gasteiger charge is -2.48. The summed E-state index contributed by atoms with van der Waals surface area (Å²) in [5.74, 6) is -2.10. The van der Waals surface area contributed by atoms with Gasteiger partial charge in [0.05, 0.1) is 5.56 Å². The fourth-order valence-electron chi connectivity index (χ4n) is 3.39. The Kier molecular flexibility index (Phi) is 6.64. The number of carbonyl (C=O) groups excluding carboxylic acids is 4. The number of nitrogens with one attached hydrogen (secondary N) is 1. The minimum Gasteiger partial charge on any atom is -0.508 e. The van der Waals surface area contributed by atoms with Gasteiger partial charge in [-0.05, 0) is 29.8 Å². The van der Waals surface area contributed by atoms with Crippen molar-refractivity contribution in [3.05, 3.63) is 77.5 Å². The lowest BCUT2D eigenvalue weighted by molar-refractivity contribution is -0.153. The first-order valence-electron chi connectivity index (χ1n) is 10.1. The van der Waals surface area contributed by atoms with E-state index in [1.807, 2.05) is 30.3 Å². The second-order valence-electron chi connectivity index (χ2n) is 7.25. The SMILES string of the molecule is O=C(COC(=O)c1cccc(O)c1)NC1C(=O)N2C(C(=O)OCc3ccccc3)=CCS[C@H]12. The Labute approximate surface area is 193 Å². The quantitative estimate of drug-likeness (QED) is 0.464. The fourth-order valence-corrected chi connectivity index (χ4v) is 4.58. The number of hydrogen-bond acceptors (Lipinski definition) is 8. The van der Waals surface area contributed by atoms with Gasteiger partial charge in [0.15, 0.2) is 6.61 Å². The molecular formula is C23H20N2O7S. The molecule has 9 nitrogen and oxygen atoms in total. The van der Waals surface area contributed by atoms with E-state index < -0.39 is 41.8 Å². The fraction of sp³-hybridized carbons (Fsp3) is 0.217. The van der Waals surface area contributed by atoms with Crippen LogP contribution in [0.1, 0.15) is 15.9 Å². The van der Waals surface area contributed by atoms with Crippen LogP contribution in [0.5, 0.6) is 5.75 Å². The van der Waals surface area contributed by atoms with Gasteiger partial charge in [0.25, 0.3) is 11.8 Å². The Morgan fingerprint density at radius 1 is 1.06 bits per heavy atom. The Morgan fingerprint density at radius 2 is 1.85 bits per heavy atom. The summed E-state index contributed by atoms with van der Waals surface area (Å²) in [6, 6.07) is 13.9. The van der Waals surface area contributed by atoms with Crippen LogP contribution in [-0.4, -0.2) is 57.5 Å². The van der Waals surface area contributed by atoms with Gasteiger partial charge in [0, 0.05) is 5.75 Å². The molecule has 33 heavy (non-hydrogen) atoms. The van der Waals surface area contributed by atoms with Gasteiger partial charge in [0.2, 0.25) is 0 Å². The van der Waals surface area contributed by atoms with Crippen molar-refractivity contribution in [3.8, 4) is 5.75 Å². The molecule has 2 amide bonds. The molecule has 2 aromatic carbocycles. The highest BCUT2D eigenvalue weighted by atomic mass is 32.2. The Balaban J connectivity index is 1.28. The highest BCUT2D eigenvalue weighted by Crippen LogP contribution is 2.37. The minimum absolute atomic E-state index is 0.0849. The second kappa shape index (κ2) is 9.78. The van der Waals surface area contributed by atoms with E-state index in [1.165, 1.54) is 40.9 Å². The molecule has 1 fully saturated rings. The number of β-lactam (4-membered cyclic amide) rings is 1. The summed E-state index contributed by atoms with van der Waals surface area (Å²) in [5.41, 5.74) is 1.08. The zero-order valence-corrected chi connectivity index (χ0v) is 18.1. The van der Waals surface area contributed by atoms with E-state index in [4.69, 9.17) is 9.47 Å². The minimum atomic E-state index is -0.840. The van der Waals surface area contributed by atoms with Gasteiger partial charge in [-0.3, -0.25) is 14.5 Å². The molecule has 0 spiro atoms. The van der Waals surface area contributed by atoms with Gasteiger partial charge in [-0.2, -0.15) is 0 Å². The summed E-state index contributed by atoms with van der Waals surface area (Å²) in [6.07, 6.45) is 1.63. The third-order valence-corrected chi connectivity index (χ3v) is 6.18. The lowest BCUT2D eigenvalue weighted by atomic mass is 10.1. The molecule has 0 bridgehead atoms. The summed E-state index contributed by atoms with van der Waals surface area (Å²) in [6.45, 7) is -0.501. The molecule has 170 valence electrons. The van der Waals surface area contributed by atoms with Crippen LogP contribution in [-0.2, 0) is 30.5 Å². The van der Waals surface area contributed by atoms with E-state index in [0.717, 1.165) is 5.56 Å². The van der Waals surface area contributed by atoms with Crippen LogP contribution in [0.2, 0.25) is 0 Å². The first kappa shape index (κ1) is 22.4. The smallest absolute Gasteiger partial charge is 0.355 e. The van der Waals surface area contributed by atoms with Crippen molar-refractivity contribution in [3.63, 3.8) is 0 Å². The molecule has 2 heterocycles. The first-order chi connectivity index (χ1) is 15.9. The van der Waals surface area contributed by atoms with E-state index in [9.17, 15) is 24.3 Å². The molecule has 2 atom stereocenters. The highest BCUT2D eigenvalue weighted by Gasteiger charge is 2.53. The summed E-state index contributed by atoms with van der Waals surface area (Å²) in [7, 11) is 0. The van der Waals surface area contributed by atoms with Gasteiger partial charge >= 0.3 is 11.9 Å². The molecule has 1 saturated heterocycles. The number of hydrogen-bond donors (Lipinski definition) is 2. The van der Waals surface area contributed by atoms with Gasteiger partial charge in [0.1, 0.15) is 29.5 Å². The van der Waals surface area contributed by atoms with E-state index in [2.05, 4.69) is 5.32 Å². The number of thioether (sulfide) groups is 1. The summed E-state index contributed by atoms with van der Waals surface area (Å²) < 4.78 is 10.3. The highest BCUT2D eigenvalue weighted by molar-refractivity contribution is 8.00. The molecule has 0 saturated carbocycles. The number of esters is 2. The van der Waals surface area contributed by atoms with Crippen LogP contribution in [0.25, 0.3) is 0 Å². The summed E-state index contributed by atoms with van der Waals surface area (Å²) in [5, 5.41) is 11.5. The van der Waals surface area contributed by atoms with Crippen LogP contribution in [0.15, 0.2) is 66.4 Å². The largest absolute Gasteiger partial charge is 0.508 e. The lowest BCUT2D eigenvalue weighted by Crippen LogP contribution is -2.70. The number of amides is 2. The number of nitrogens with zero attached hydrogens (tertiary/aromatic N) is 1. The average molecular weight is 468 g/mol. The topological polar surface area (TPSA) is 122 Å². The molecule has 2 aliphatic rings. The number of rotatable bonds is 7. The molecule has 2 N–H and O–H groups in total. The van der Waals surface area contributed by atoms with Gasteiger partial charge in [-0.1, -0.05) is 36.4 Å². The third kappa shape index (κ3) is 5.01. The van der Waals surface area contributed by atoms with Crippen LogP contribution in [0.3, 0.4) is 0 Å². The van der Waals surface area contributed by atoms with E-state index in [1.54, 1.807) is 6.08 Å². The van der Waals surface area contributed by atoms with Crippen molar-refractivity contribution in [2.45, 2.75) is 18.0 Å². The third-order valence-electron chi connectivity index (χ3n) is 5.00. The molecule has 1 unspecified atom stereocenters. The van der Waals surface area contributed by atoms with Crippen LogP contribution < -0.4 is 5.32 Å². The van der Waals surface area contributed by atoms with Crippen molar-refractivity contribution in [2.75, 3.05) is 12.4 Å². The Morgan fingerprint density at radius 3 is 2.61 bits per heavy atom. The normalized spacial score (nSPS) is 19.0. The van der Waals surface area contributed by atoms with Crippen LogP contribution in [0, 0.1) is 0 Å². The summed E-state index contributed by atoms with van der Waals surface area (Å²) >= 11 is 1.40. The molecule has 4 rings (SSSR count). The van der Waals surface area contributed by atoms with E-state index >= 15 is 0 Å². The number of benzene rings is 2. The van der Waals surface area contributed by atoms with Crippen molar-refractivity contribution in [1.29, 1.82) is 0 Å². The molecule has 10 heteroatoms. The molecule has 2 aromatic rings. The standard InChI is InChI=1S/C23H20N2O7S/c26-16-8-4-7-15(11-16)22(29)32-13-18(27)24-19-20(28)25-17(9-10-33-21(19)25)23(30)31-12-14-5-2-1-3-6-14/h1-9,11,19,21,26H,10,12-13H2,(H,24,27)/t19?,21-/m1/s1. The number of aromatic hydroxyl groups is 1. The first-order valence-corrected chi connectivity index (χ1v) is 11.1. The van der Waals surface area contributed by atoms with E-state index in [-0.39, 0.29) is 23.6 Å². The number of fused-ring (bicyclic) bond motifs is 1. The Bertz CT molecular complexity index is 1120.